The number of ether oxygens (including phenoxy) is 1. The number of benzene rings is 1. The number of carbonyl (C=O) groups is 5. The van der Waals surface area contributed by atoms with E-state index in [9.17, 15) is 24.0 Å². The molecule has 2 amide bonds. The number of para-hydroxylation sites is 1. The first-order valence-corrected chi connectivity index (χ1v) is 10.9. The Morgan fingerprint density at radius 3 is 2.38 bits per heavy atom. The lowest BCUT2D eigenvalue weighted by atomic mass is 10.0. The highest BCUT2D eigenvalue weighted by molar-refractivity contribution is 6.26. The van der Waals surface area contributed by atoms with Gasteiger partial charge in [-0.1, -0.05) is 12.1 Å². The minimum atomic E-state index is -1.12. The fourth-order valence-corrected chi connectivity index (χ4v) is 3.54. The molecule has 10 nitrogen and oxygen atoms in total. The van der Waals surface area contributed by atoms with E-state index >= 15 is 0 Å². The number of H-pyrrole nitrogens is 1. The summed E-state index contributed by atoms with van der Waals surface area (Å²) in [7, 11) is 0. The van der Waals surface area contributed by atoms with Gasteiger partial charge >= 0.3 is 5.97 Å². The molecular weight excluding hydrogens is 440 g/mol. The minimum absolute atomic E-state index is 0.0483. The Labute approximate surface area is 197 Å². The summed E-state index contributed by atoms with van der Waals surface area (Å²) in [4.78, 5) is 63.9. The van der Waals surface area contributed by atoms with E-state index in [0.29, 0.717) is 22.9 Å². The van der Waals surface area contributed by atoms with E-state index in [2.05, 4.69) is 15.6 Å². The summed E-state index contributed by atoms with van der Waals surface area (Å²) in [6.07, 6.45) is 1.82. The maximum atomic E-state index is 13.1. The fraction of sp³-hybridized carbons (Fsp3) is 0.417. The van der Waals surface area contributed by atoms with Gasteiger partial charge in [0, 0.05) is 36.9 Å². The molecular formula is C24H30N4O6. The second-order valence-electron chi connectivity index (χ2n) is 8.25. The number of carbonyl (C=O) groups excluding carboxylic acids is 5. The quantitative estimate of drug-likeness (QED) is 0.210. The van der Waals surface area contributed by atoms with Gasteiger partial charge in [-0.25, -0.2) is 4.79 Å². The lowest BCUT2D eigenvalue weighted by Crippen LogP contribution is -2.52. The van der Waals surface area contributed by atoms with E-state index in [1.807, 2.05) is 6.07 Å². The van der Waals surface area contributed by atoms with Crippen LogP contribution in [0.1, 0.15) is 56.5 Å². The predicted molar refractivity (Wildman–Crippen MR) is 126 cm³/mol. The van der Waals surface area contributed by atoms with Gasteiger partial charge in [-0.2, -0.15) is 0 Å². The highest BCUT2D eigenvalue weighted by Crippen LogP contribution is 2.23. The number of aromatic nitrogens is 1. The van der Waals surface area contributed by atoms with Crippen LogP contribution in [0, 0.1) is 5.41 Å². The summed E-state index contributed by atoms with van der Waals surface area (Å²) < 4.78 is 5.19. The van der Waals surface area contributed by atoms with Crippen molar-refractivity contribution in [1.29, 1.82) is 5.41 Å². The van der Waals surface area contributed by atoms with Crippen molar-refractivity contribution in [2.24, 2.45) is 0 Å². The van der Waals surface area contributed by atoms with Crippen LogP contribution in [0.3, 0.4) is 0 Å². The highest BCUT2D eigenvalue weighted by Gasteiger charge is 2.29. The number of ketones is 2. The molecule has 2 rings (SSSR count). The number of rotatable bonds is 12. The number of amides is 2. The molecule has 2 aromatic rings. The lowest BCUT2D eigenvalue weighted by Gasteiger charge is -2.23. The van der Waals surface area contributed by atoms with Gasteiger partial charge in [0.15, 0.2) is 11.6 Å². The number of hydrogen-bond donors (Lipinski definition) is 4. The van der Waals surface area contributed by atoms with Crippen LogP contribution in [0.2, 0.25) is 0 Å². The standard InChI is InChI=1S/C24H30N4O6/c1-13(2)34-24(33)20(9-8-17(31)11-25)28-23(32)21(27-15(4)30)10-16-12-26-22-18(14(3)29)6-5-7-19(16)22/h5-7,11-13,20-21,25-26H,8-10H2,1-4H3,(H,27,30)(H,28,32)/t20-,21-/m0/s1. The fourth-order valence-electron chi connectivity index (χ4n) is 3.54. The summed E-state index contributed by atoms with van der Waals surface area (Å²) in [6, 6.07) is 3.10. The second kappa shape index (κ2) is 11.9. The van der Waals surface area contributed by atoms with E-state index in [4.69, 9.17) is 10.1 Å². The maximum Gasteiger partial charge on any atom is 0.328 e. The Kier molecular flexibility index (Phi) is 9.23. The molecule has 0 aliphatic carbocycles. The van der Waals surface area contributed by atoms with Crippen molar-refractivity contribution in [1.82, 2.24) is 15.6 Å². The van der Waals surface area contributed by atoms with Crippen LogP contribution >= 0.6 is 0 Å². The lowest BCUT2D eigenvalue weighted by molar-refractivity contribution is -0.151. The Bertz CT molecular complexity index is 1100. The molecule has 0 aliphatic rings. The third-order valence-electron chi connectivity index (χ3n) is 5.09. The molecule has 0 spiro atoms. The number of nitrogens with one attached hydrogen (secondary N) is 4. The van der Waals surface area contributed by atoms with Gasteiger partial charge in [0.1, 0.15) is 12.1 Å². The first-order valence-electron chi connectivity index (χ1n) is 10.9. The summed E-state index contributed by atoms with van der Waals surface area (Å²) in [5, 5.41) is 12.9. The zero-order chi connectivity index (χ0) is 25.4. The second-order valence-corrected chi connectivity index (χ2v) is 8.25. The van der Waals surface area contributed by atoms with Gasteiger partial charge in [0.25, 0.3) is 0 Å². The largest absolute Gasteiger partial charge is 0.461 e. The number of hydrogen-bond acceptors (Lipinski definition) is 7. The molecule has 2 atom stereocenters. The van der Waals surface area contributed by atoms with Crippen LogP contribution in [0.4, 0.5) is 0 Å². The monoisotopic (exact) mass is 470 g/mol. The molecule has 4 N–H and O–H groups in total. The predicted octanol–water partition coefficient (Wildman–Crippen LogP) is 1.85. The summed E-state index contributed by atoms with van der Waals surface area (Å²) in [5.41, 5.74) is 1.85. The van der Waals surface area contributed by atoms with Crippen LogP contribution in [0.15, 0.2) is 24.4 Å². The molecule has 0 saturated carbocycles. The van der Waals surface area contributed by atoms with Gasteiger partial charge in [-0.15, -0.1) is 0 Å². The molecule has 1 aromatic carbocycles. The Balaban J connectivity index is 2.28. The normalized spacial score (nSPS) is 12.6. The van der Waals surface area contributed by atoms with Crippen LogP contribution in [0.25, 0.3) is 10.9 Å². The number of esters is 1. The third kappa shape index (κ3) is 7.09. The van der Waals surface area contributed by atoms with E-state index in [-0.39, 0.29) is 25.0 Å². The van der Waals surface area contributed by atoms with Gasteiger partial charge < -0.3 is 25.8 Å². The molecule has 1 aromatic heterocycles. The van der Waals surface area contributed by atoms with Crippen molar-refractivity contribution >= 4 is 46.5 Å². The van der Waals surface area contributed by atoms with Gasteiger partial charge in [-0.3, -0.25) is 19.2 Å². The summed E-state index contributed by atoms with van der Waals surface area (Å²) in [5.74, 6) is -2.37. The maximum absolute atomic E-state index is 13.1. The topological polar surface area (TPSA) is 158 Å². The zero-order valence-corrected chi connectivity index (χ0v) is 19.7. The molecule has 1 heterocycles. The average Bonchev–Trinajstić information content (AvgIpc) is 3.17. The zero-order valence-electron chi connectivity index (χ0n) is 19.7. The van der Waals surface area contributed by atoms with Gasteiger partial charge in [-0.05, 0) is 38.8 Å². The molecule has 0 unspecified atom stereocenters. The summed E-state index contributed by atoms with van der Waals surface area (Å²) >= 11 is 0. The molecule has 0 aliphatic heterocycles. The smallest absolute Gasteiger partial charge is 0.328 e. The van der Waals surface area contributed by atoms with Crippen molar-refractivity contribution in [3.05, 3.63) is 35.5 Å². The van der Waals surface area contributed by atoms with Gasteiger partial charge in [0.2, 0.25) is 11.8 Å². The SMILES string of the molecule is CC(=O)N[C@@H](Cc1c[nH]c2c(C(C)=O)cccc12)C(=O)N[C@@H](CCC(=O)C=N)C(=O)OC(C)C. The molecule has 0 radical (unpaired) electrons. The van der Waals surface area contributed by atoms with Crippen molar-refractivity contribution in [2.45, 2.75) is 65.1 Å². The van der Waals surface area contributed by atoms with E-state index < -0.39 is 41.8 Å². The van der Waals surface area contributed by atoms with Crippen LogP contribution in [-0.4, -0.2) is 58.7 Å². The van der Waals surface area contributed by atoms with Crippen LogP contribution < -0.4 is 10.6 Å². The molecule has 0 saturated heterocycles. The van der Waals surface area contributed by atoms with Crippen molar-refractivity contribution in [2.75, 3.05) is 0 Å². The molecule has 34 heavy (non-hydrogen) atoms. The van der Waals surface area contributed by atoms with E-state index in [1.165, 1.54) is 13.8 Å². The summed E-state index contributed by atoms with van der Waals surface area (Å²) in [6.45, 7) is 6.05. The van der Waals surface area contributed by atoms with Crippen LogP contribution in [0.5, 0.6) is 0 Å². The number of aromatic amines is 1. The molecule has 0 fully saturated rings. The Morgan fingerprint density at radius 2 is 1.79 bits per heavy atom. The third-order valence-corrected chi connectivity index (χ3v) is 5.09. The minimum Gasteiger partial charge on any atom is -0.461 e. The van der Waals surface area contributed by atoms with Gasteiger partial charge in [0.05, 0.1) is 17.8 Å². The van der Waals surface area contributed by atoms with Crippen LogP contribution in [-0.2, 0) is 30.3 Å². The highest BCUT2D eigenvalue weighted by atomic mass is 16.5. The Morgan fingerprint density at radius 1 is 1.09 bits per heavy atom. The van der Waals surface area contributed by atoms with E-state index in [0.717, 1.165) is 5.39 Å². The molecule has 0 bridgehead atoms. The molecule has 10 heteroatoms. The van der Waals surface area contributed by atoms with Crippen molar-refractivity contribution in [3.8, 4) is 0 Å². The molecule has 182 valence electrons. The first kappa shape index (κ1) is 26.4. The van der Waals surface area contributed by atoms with E-state index in [1.54, 1.807) is 32.2 Å². The number of fused-ring (bicyclic) bond motifs is 1. The average molecular weight is 471 g/mol. The van der Waals surface area contributed by atoms with Crippen molar-refractivity contribution < 1.29 is 28.7 Å². The Hall–Kier alpha value is -3.82. The number of Topliss-reactive ketones (excluding diaryl/α,β-unsaturated/α-hetero) is 2. The first-order chi connectivity index (χ1) is 16.0. The van der Waals surface area contributed by atoms with Crippen molar-refractivity contribution in [3.63, 3.8) is 0 Å².